The van der Waals surface area contributed by atoms with Gasteiger partial charge in [0.25, 0.3) is 11.5 Å². The third-order valence-electron chi connectivity index (χ3n) is 6.03. The van der Waals surface area contributed by atoms with Gasteiger partial charge in [-0.05, 0) is 57.0 Å². The highest BCUT2D eigenvalue weighted by molar-refractivity contribution is 6.05. The van der Waals surface area contributed by atoms with E-state index < -0.39 is 17.2 Å². The summed E-state index contributed by atoms with van der Waals surface area (Å²) in [6.45, 7) is 8.25. The summed E-state index contributed by atoms with van der Waals surface area (Å²) < 4.78 is 16.3. The lowest BCUT2D eigenvalue weighted by atomic mass is 10.1. The summed E-state index contributed by atoms with van der Waals surface area (Å²) in [5.41, 5.74) is 7.83. The van der Waals surface area contributed by atoms with E-state index >= 15 is 0 Å². The first-order valence-electron chi connectivity index (χ1n) is 12.1. The lowest BCUT2D eigenvalue weighted by Gasteiger charge is -2.23. The highest BCUT2D eigenvalue weighted by Crippen LogP contribution is 2.22. The molecule has 1 aromatic carbocycles. The number of nitrogens with one attached hydrogen (secondary N) is 1. The Morgan fingerprint density at radius 2 is 1.81 bits per heavy atom. The predicted molar refractivity (Wildman–Crippen MR) is 140 cm³/mol. The van der Waals surface area contributed by atoms with Gasteiger partial charge in [0.2, 0.25) is 0 Å². The number of aromatic amines is 1. The van der Waals surface area contributed by atoms with Gasteiger partial charge < -0.3 is 10.6 Å². The van der Waals surface area contributed by atoms with Gasteiger partial charge in [-0.1, -0.05) is 26.7 Å². The van der Waals surface area contributed by atoms with Crippen LogP contribution in [-0.2, 0) is 11.3 Å². The van der Waals surface area contributed by atoms with Crippen molar-refractivity contribution in [2.75, 3.05) is 17.2 Å². The van der Waals surface area contributed by atoms with Gasteiger partial charge >= 0.3 is 5.69 Å². The maximum atomic E-state index is 13.3. The number of amides is 1. The van der Waals surface area contributed by atoms with Crippen molar-refractivity contribution in [1.82, 2.24) is 19.3 Å². The quantitative estimate of drug-likeness (QED) is 0.415. The number of aromatic nitrogens is 4. The van der Waals surface area contributed by atoms with Crippen molar-refractivity contribution in [3.05, 3.63) is 73.9 Å². The number of carbonyl (C=O) groups is 1. The van der Waals surface area contributed by atoms with E-state index in [2.05, 4.69) is 10.1 Å². The summed E-state index contributed by atoms with van der Waals surface area (Å²) in [7, 11) is 0. The molecule has 3 rings (SSSR count). The van der Waals surface area contributed by atoms with Crippen LogP contribution >= 0.6 is 0 Å². The zero-order valence-corrected chi connectivity index (χ0v) is 21.2. The SMILES string of the molecule is CCCCN(C(=O)/C=C/c1c(C)nn(-c2ccc(F)cc2)c1C)c1c(N)n(CCCC)c(=O)[nH]c1=O. The zero-order valence-electron chi connectivity index (χ0n) is 21.2. The van der Waals surface area contributed by atoms with Crippen LogP contribution in [0.15, 0.2) is 39.9 Å². The molecule has 0 radical (unpaired) electrons. The number of H-pyrrole nitrogens is 1. The fourth-order valence-corrected chi connectivity index (χ4v) is 4.00. The predicted octanol–water partition coefficient (Wildman–Crippen LogP) is 3.71. The minimum Gasteiger partial charge on any atom is -0.383 e. The van der Waals surface area contributed by atoms with Gasteiger partial charge in [-0.15, -0.1) is 0 Å². The molecular formula is C26H33FN6O3. The number of nitrogens with two attached hydrogens (primary N) is 1. The second-order valence-corrected chi connectivity index (χ2v) is 8.65. The molecule has 0 aliphatic heterocycles. The van der Waals surface area contributed by atoms with Crippen LogP contribution in [0, 0.1) is 19.7 Å². The first-order chi connectivity index (χ1) is 17.2. The lowest BCUT2D eigenvalue weighted by Crippen LogP contribution is -2.41. The minimum absolute atomic E-state index is 0.0217. The number of aryl methyl sites for hydroxylation is 1. The van der Waals surface area contributed by atoms with E-state index in [0.29, 0.717) is 30.8 Å². The van der Waals surface area contributed by atoms with Gasteiger partial charge in [0.05, 0.1) is 11.4 Å². The molecule has 3 N–H and O–H groups in total. The van der Waals surface area contributed by atoms with E-state index in [-0.39, 0.29) is 23.9 Å². The van der Waals surface area contributed by atoms with Crippen LogP contribution < -0.4 is 21.9 Å². The Balaban J connectivity index is 1.99. The van der Waals surface area contributed by atoms with Crippen molar-refractivity contribution in [3.8, 4) is 5.69 Å². The van der Waals surface area contributed by atoms with Gasteiger partial charge in [-0.2, -0.15) is 5.10 Å². The van der Waals surface area contributed by atoms with Crippen molar-refractivity contribution < 1.29 is 9.18 Å². The van der Waals surface area contributed by atoms with Gasteiger partial charge in [0.1, 0.15) is 11.6 Å². The fraction of sp³-hybridized carbons (Fsp3) is 0.385. The average molecular weight is 497 g/mol. The Bertz CT molecular complexity index is 1370. The Labute approximate surface area is 209 Å². The van der Waals surface area contributed by atoms with Crippen LogP contribution in [0.1, 0.15) is 56.5 Å². The summed E-state index contributed by atoms with van der Waals surface area (Å²) in [5, 5.41) is 4.52. The number of nitrogen functional groups attached to an aromatic ring is 1. The average Bonchev–Trinajstić information content (AvgIpc) is 3.12. The highest BCUT2D eigenvalue weighted by atomic mass is 19.1. The summed E-state index contributed by atoms with van der Waals surface area (Å²) in [4.78, 5) is 42.1. The lowest BCUT2D eigenvalue weighted by molar-refractivity contribution is -0.114. The van der Waals surface area contributed by atoms with Crippen molar-refractivity contribution in [2.24, 2.45) is 0 Å². The van der Waals surface area contributed by atoms with E-state index in [1.54, 1.807) is 22.9 Å². The van der Waals surface area contributed by atoms with Crippen molar-refractivity contribution in [2.45, 2.75) is 59.9 Å². The van der Waals surface area contributed by atoms with Crippen LogP contribution in [-0.4, -0.2) is 31.8 Å². The summed E-state index contributed by atoms with van der Waals surface area (Å²) >= 11 is 0. The third kappa shape index (κ3) is 5.64. The maximum absolute atomic E-state index is 13.3. The number of anilines is 2. The van der Waals surface area contributed by atoms with Crippen molar-refractivity contribution in [1.29, 1.82) is 0 Å². The number of hydrogen-bond donors (Lipinski definition) is 2. The summed E-state index contributed by atoms with van der Waals surface area (Å²) in [6, 6.07) is 5.97. The second-order valence-electron chi connectivity index (χ2n) is 8.65. The minimum atomic E-state index is -0.695. The maximum Gasteiger partial charge on any atom is 0.330 e. The number of benzene rings is 1. The van der Waals surface area contributed by atoms with Crippen LogP contribution in [0.5, 0.6) is 0 Å². The van der Waals surface area contributed by atoms with Gasteiger partial charge in [-0.3, -0.25) is 19.1 Å². The summed E-state index contributed by atoms with van der Waals surface area (Å²) in [5.74, 6) is -0.797. The molecule has 3 aromatic rings. The van der Waals surface area contributed by atoms with Crippen molar-refractivity contribution >= 4 is 23.5 Å². The van der Waals surface area contributed by atoms with E-state index in [1.165, 1.54) is 27.7 Å². The van der Waals surface area contributed by atoms with E-state index in [1.807, 2.05) is 27.7 Å². The molecule has 0 aliphatic rings. The monoisotopic (exact) mass is 496 g/mol. The molecule has 0 bridgehead atoms. The number of unbranched alkanes of at least 4 members (excludes halogenated alkanes) is 2. The van der Waals surface area contributed by atoms with E-state index in [4.69, 9.17) is 5.73 Å². The Kier molecular flexibility index (Phi) is 8.63. The topological polar surface area (TPSA) is 119 Å². The molecule has 2 aromatic heterocycles. The molecule has 2 heterocycles. The number of rotatable bonds is 10. The molecule has 1 amide bonds. The standard InChI is InChI=1S/C26H33FN6O3/c1-5-7-15-31(23-24(28)32(16-8-6-2)26(36)29-25(23)35)22(34)14-13-21-17(3)30-33(18(21)4)20-11-9-19(27)10-12-20/h9-14H,5-8,15-16,28H2,1-4H3,(H,29,35,36)/b14-13+. The van der Waals surface area contributed by atoms with Gasteiger partial charge in [0.15, 0.2) is 5.69 Å². The highest BCUT2D eigenvalue weighted by Gasteiger charge is 2.23. The molecule has 0 unspecified atom stereocenters. The smallest absolute Gasteiger partial charge is 0.330 e. The van der Waals surface area contributed by atoms with Crippen molar-refractivity contribution in [3.63, 3.8) is 0 Å². The molecule has 0 fully saturated rings. The Morgan fingerprint density at radius 3 is 2.44 bits per heavy atom. The second kappa shape index (κ2) is 11.7. The van der Waals surface area contributed by atoms with Crippen LogP contribution in [0.4, 0.5) is 15.9 Å². The summed E-state index contributed by atoms with van der Waals surface area (Å²) in [6.07, 6.45) is 6.01. The molecule has 10 heteroatoms. The van der Waals surface area contributed by atoms with Crippen LogP contribution in [0.2, 0.25) is 0 Å². The number of halogens is 1. The molecular weight excluding hydrogens is 463 g/mol. The normalized spacial score (nSPS) is 11.4. The Morgan fingerprint density at radius 1 is 1.14 bits per heavy atom. The third-order valence-corrected chi connectivity index (χ3v) is 6.03. The number of hydrogen-bond acceptors (Lipinski definition) is 5. The van der Waals surface area contributed by atoms with Gasteiger partial charge in [-0.25, -0.2) is 13.9 Å². The fourth-order valence-electron chi connectivity index (χ4n) is 4.00. The molecule has 0 spiro atoms. The van der Waals surface area contributed by atoms with E-state index in [9.17, 15) is 18.8 Å². The molecule has 36 heavy (non-hydrogen) atoms. The Hall–Kier alpha value is -3.95. The number of nitrogens with zero attached hydrogens (tertiary/aromatic N) is 4. The largest absolute Gasteiger partial charge is 0.383 e. The number of carbonyl (C=O) groups excluding carboxylic acids is 1. The molecule has 192 valence electrons. The molecule has 0 atom stereocenters. The molecule has 9 nitrogen and oxygen atoms in total. The molecule has 0 saturated carbocycles. The van der Waals surface area contributed by atoms with Gasteiger partial charge in [0, 0.05) is 30.4 Å². The zero-order chi connectivity index (χ0) is 26.4. The first-order valence-corrected chi connectivity index (χ1v) is 12.1. The van der Waals surface area contributed by atoms with Crippen LogP contribution in [0.3, 0.4) is 0 Å². The first kappa shape index (κ1) is 26.7. The molecule has 0 aliphatic carbocycles. The molecule has 0 saturated heterocycles. The van der Waals surface area contributed by atoms with E-state index in [0.717, 1.165) is 24.1 Å². The van der Waals surface area contributed by atoms with Crippen LogP contribution in [0.25, 0.3) is 11.8 Å².